The fourth-order valence-corrected chi connectivity index (χ4v) is 11.4. The van der Waals surface area contributed by atoms with E-state index in [1.165, 1.54) is 13.8 Å². The lowest BCUT2D eigenvalue weighted by Gasteiger charge is -2.59. The van der Waals surface area contributed by atoms with Crippen LogP contribution < -0.4 is 0 Å². The van der Waals surface area contributed by atoms with Crippen LogP contribution in [0, 0.1) is 57.2 Å². The quantitative estimate of drug-likeness (QED) is 0.208. The Kier molecular flexibility index (Phi) is 6.64. The maximum atomic E-state index is 13.9. The molecule has 0 bridgehead atoms. The highest BCUT2D eigenvalue weighted by atomic mass is 16.6. The summed E-state index contributed by atoms with van der Waals surface area (Å²) in [6.45, 7) is 19.6. The average Bonchev–Trinajstić information content (AvgIpc) is 3.80. The van der Waals surface area contributed by atoms with Crippen LogP contribution in [0.1, 0.15) is 87.5 Å². The summed E-state index contributed by atoms with van der Waals surface area (Å²) in [4.78, 5) is 51.5. The zero-order chi connectivity index (χ0) is 30.7. The van der Waals surface area contributed by atoms with Gasteiger partial charge < -0.3 is 14.2 Å². The second kappa shape index (κ2) is 9.36. The number of hydrogen-bond donors (Lipinski definition) is 0. The molecule has 7 heteroatoms. The SMILES string of the molecule is C=C(C(=O)[C@H](OC(C)=O)[C@@H](C)[C@H]1[C@@H](OC(C)=O)C[C@@]2(C)[C@@H]3[C@H]4O[C@H]4[C@H]4[C@H](C)C(=O)C=C[C@@]45C[C@@]35CC[C@]12C)[C@@H](C)CC. The lowest BCUT2D eigenvalue weighted by molar-refractivity contribution is -0.166. The molecule has 5 aliphatic carbocycles. The first-order valence-corrected chi connectivity index (χ1v) is 16.1. The van der Waals surface area contributed by atoms with Crippen molar-refractivity contribution in [2.45, 2.75) is 112 Å². The van der Waals surface area contributed by atoms with Crippen molar-refractivity contribution < 1.29 is 33.4 Å². The number of esters is 2. The van der Waals surface area contributed by atoms with Gasteiger partial charge in [-0.2, -0.15) is 0 Å². The summed E-state index contributed by atoms with van der Waals surface area (Å²) in [6, 6.07) is 0. The minimum absolute atomic E-state index is 0.0160. The average molecular weight is 581 g/mol. The first-order chi connectivity index (χ1) is 19.6. The molecule has 0 radical (unpaired) electrons. The molecule has 4 saturated carbocycles. The summed E-state index contributed by atoms with van der Waals surface area (Å²) in [5.74, 6) is -1.06. The lowest BCUT2D eigenvalue weighted by Crippen LogP contribution is -2.58. The van der Waals surface area contributed by atoms with Crippen LogP contribution >= 0.6 is 0 Å². The normalized spacial score (nSPS) is 47.8. The van der Waals surface area contributed by atoms with E-state index < -0.39 is 18.2 Å². The molecule has 1 aliphatic heterocycles. The number of hydrogen-bond acceptors (Lipinski definition) is 7. The molecule has 0 aromatic heterocycles. The molecule has 0 aromatic carbocycles. The van der Waals surface area contributed by atoms with Crippen molar-refractivity contribution in [3.05, 3.63) is 24.3 Å². The number of carbonyl (C=O) groups excluding carboxylic acids is 4. The van der Waals surface area contributed by atoms with E-state index in [2.05, 4.69) is 33.4 Å². The van der Waals surface area contributed by atoms with E-state index in [9.17, 15) is 19.2 Å². The summed E-state index contributed by atoms with van der Waals surface area (Å²) >= 11 is 0. The molecule has 2 spiro atoms. The predicted molar refractivity (Wildman–Crippen MR) is 156 cm³/mol. The van der Waals surface area contributed by atoms with Crippen molar-refractivity contribution in [3.8, 4) is 0 Å². The number of ether oxygens (including phenoxy) is 3. The number of allylic oxidation sites excluding steroid dienone is 2. The Balaban J connectivity index is 1.41. The molecule has 1 saturated heterocycles. The topological polar surface area (TPSA) is 99.3 Å². The van der Waals surface area contributed by atoms with Gasteiger partial charge in [0.25, 0.3) is 0 Å². The number of rotatable bonds is 8. The highest BCUT2D eigenvalue weighted by Gasteiger charge is 2.88. The van der Waals surface area contributed by atoms with Crippen LogP contribution in [-0.2, 0) is 33.4 Å². The summed E-state index contributed by atoms with van der Waals surface area (Å²) in [7, 11) is 0. The van der Waals surface area contributed by atoms with Crippen LogP contribution in [-0.4, -0.2) is 47.9 Å². The molecule has 6 rings (SSSR count). The van der Waals surface area contributed by atoms with Crippen LogP contribution in [0.2, 0.25) is 0 Å². The van der Waals surface area contributed by atoms with Crippen molar-refractivity contribution >= 4 is 23.5 Å². The van der Waals surface area contributed by atoms with Crippen molar-refractivity contribution in [3.63, 3.8) is 0 Å². The molecule has 14 atom stereocenters. The van der Waals surface area contributed by atoms with Gasteiger partial charge in [-0.05, 0) is 65.9 Å². The van der Waals surface area contributed by atoms with Crippen molar-refractivity contribution in [2.24, 2.45) is 57.2 Å². The van der Waals surface area contributed by atoms with E-state index in [-0.39, 0.29) is 86.9 Å². The van der Waals surface area contributed by atoms with Crippen molar-refractivity contribution in [1.82, 2.24) is 0 Å². The lowest BCUT2D eigenvalue weighted by atomic mass is 9.43. The molecule has 7 nitrogen and oxygen atoms in total. The summed E-state index contributed by atoms with van der Waals surface area (Å²) in [5, 5.41) is 0. The Morgan fingerprint density at radius 1 is 1.10 bits per heavy atom. The zero-order valence-corrected chi connectivity index (χ0v) is 26.5. The standard InChI is InChI=1S/C35H48O7/c1-10-17(2)18(3)27(39)28(41-22(7)37)20(5)25-24(40-21(6)36)15-33(9)31-30-29(42-30)26-19(4)23(38)11-12-34(26)16-35(31,34)14-13-32(25,33)8/h11-12,17,19-20,24-26,28-31H,3,10,13-16H2,1-2,4-9H3/t17-,19+,20-,24-,25-,26+,28+,29-,30-,31-,32+,33-,34+,35-/m0/s1. The fourth-order valence-electron chi connectivity index (χ4n) is 11.4. The Morgan fingerprint density at radius 2 is 1.79 bits per heavy atom. The molecule has 0 aromatic rings. The van der Waals surface area contributed by atoms with Crippen LogP contribution in [0.5, 0.6) is 0 Å². The Hall–Kier alpha value is -2.28. The van der Waals surface area contributed by atoms with Crippen LogP contribution in [0.15, 0.2) is 24.3 Å². The summed E-state index contributed by atoms with van der Waals surface area (Å²) in [6.07, 6.45) is 7.21. The second-order valence-electron chi connectivity index (χ2n) is 15.3. The molecule has 1 heterocycles. The summed E-state index contributed by atoms with van der Waals surface area (Å²) in [5.41, 5.74) is -0.0321. The maximum absolute atomic E-state index is 13.9. The first-order valence-electron chi connectivity index (χ1n) is 16.1. The van der Waals surface area contributed by atoms with Gasteiger partial charge in [-0.15, -0.1) is 0 Å². The van der Waals surface area contributed by atoms with Crippen molar-refractivity contribution in [1.29, 1.82) is 0 Å². The molecule has 0 unspecified atom stereocenters. The Morgan fingerprint density at radius 3 is 2.40 bits per heavy atom. The van der Waals surface area contributed by atoms with Gasteiger partial charge in [-0.25, -0.2) is 0 Å². The number of Topliss-reactive ketones (excluding diaryl/α,β-unsaturated/α-hetero) is 1. The minimum Gasteiger partial charge on any atom is -0.462 e. The van der Waals surface area contributed by atoms with Gasteiger partial charge in [0.15, 0.2) is 17.7 Å². The van der Waals surface area contributed by atoms with Gasteiger partial charge >= 0.3 is 11.9 Å². The van der Waals surface area contributed by atoms with Gasteiger partial charge in [0.05, 0.1) is 12.2 Å². The van der Waals surface area contributed by atoms with Crippen LogP contribution in [0.4, 0.5) is 0 Å². The summed E-state index contributed by atoms with van der Waals surface area (Å²) < 4.78 is 18.5. The second-order valence-corrected chi connectivity index (χ2v) is 15.3. The Bertz CT molecular complexity index is 1280. The van der Waals surface area contributed by atoms with Crippen LogP contribution in [0.25, 0.3) is 0 Å². The van der Waals surface area contributed by atoms with Crippen molar-refractivity contribution in [2.75, 3.05) is 0 Å². The first kappa shape index (κ1) is 29.8. The van der Waals surface area contributed by atoms with Gasteiger partial charge in [0.1, 0.15) is 6.10 Å². The van der Waals surface area contributed by atoms with Gasteiger partial charge in [0, 0.05) is 48.9 Å². The molecule has 0 amide bonds. The van der Waals surface area contributed by atoms with E-state index >= 15 is 0 Å². The third kappa shape index (κ3) is 3.67. The molecule has 230 valence electrons. The molecule has 0 N–H and O–H groups in total. The third-order valence-corrected chi connectivity index (χ3v) is 13.7. The number of carbonyl (C=O) groups is 4. The van der Waals surface area contributed by atoms with Gasteiger partial charge in [0.2, 0.25) is 0 Å². The smallest absolute Gasteiger partial charge is 0.303 e. The number of ketones is 2. The molecule has 6 aliphatic rings. The van der Waals surface area contributed by atoms with Gasteiger partial charge in [-0.3, -0.25) is 19.2 Å². The molecule has 5 fully saturated rings. The van der Waals surface area contributed by atoms with E-state index in [4.69, 9.17) is 14.2 Å². The molecular formula is C35H48O7. The molecule has 42 heavy (non-hydrogen) atoms. The minimum atomic E-state index is -0.997. The van der Waals surface area contributed by atoms with Crippen LogP contribution in [0.3, 0.4) is 0 Å². The third-order valence-electron chi connectivity index (χ3n) is 13.7. The monoisotopic (exact) mass is 580 g/mol. The number of epoxide rings is 1. The van der Waals surface area contributed by atoms with E-state index in [1.54, 1.807) is 0 Å². The number of fused-ring (bicyclic) bond motifs is 5. The van der Waals surface area contributed by atoms with E-state index in [0.717, 1.165) is 25.7 Å². The maximum Gasteiger partial charge on any atom is 0.303 e. The molecular weight excluding hydrogens is 532 g/mol. The van der Waals surface area contributed by atoms with E-state index in [1.807, 2.05) is 26.8 Å². The van der Waals surface area contributed by atoms with E-state index in [0.29, 0.717) is 12.0 Å². The highest BCUT2D eigenvalue weighted by Crippen LogP contribution is 2.89. The Labute approximate surface area is 250 Å². The van der Waals surface area contributed by atoms with Gasteiger partial charge in [-0.1, -0.05) is 54.2 Å². The highest BCUT2D eigenvalue weighted by molar-refractivity contribution is 5.99. The zero-order valence-electron chi connectivity index (χ0n) is 26.5. The predicted octanol–water partition coefficient (Wildman–Crippen LogP) is 5.65. The largest absolute Gasteiger partial charge is 0.462 e. The fraction of sp³-hybridized carbons (Fsp3) is 0.771.